The van der Waals surface area contributed by atoms with Crippen LogP contribution in [-0.2, 0) is 13.7 Å². The van der Waals surface area contributed by atoms with Crippen LogP contribution in [0.5, 0.6) is 5.75 Å². The molecule has 0 unspecified atom stereocenters. The first-order chi connectivity index (χ1) is 8.70. The van der Waals surface area contributed by atoms with Crippen molar-refractivity contribution in [2.75, 3.05) is 0 Å². The SMILES string of the molecule is Cn1cc(COc2ccccc2/C(N)=N/O)nn1. The van der Waals surface area contributed by atoms with Gasteiger partial charge < -0.3 is 15.7 Å². The van der Waals surface area contributed by atoms with E-state index in [1.807, 2.05) is 0 Å². The van der Waals surface area contributed by atoms with E-state index in [9.17, 15) is 0 Å². The molecule has 7 heteroatoms. The standard InChI is InChI=1S/C11H13N5O2/c1-16-6-8(13-15-16)7-18-10-5-3-2-4-9(10)11(12)14-17/h2-6,17H,7H2,1H3,(H2,12,14). The largest absolute Gasteiger partial charge is 0.486 e. The summed E-state index contributed by atoms with van der Waals surface area (Å²) in [6.07, 6.45) is 1.76. The van der Waals surface area contributed by atoms with Gasteiger partial charge in [-0.1, -0.05) is 22.5 Å². The molecule has 1 aromatic carbocycles. The van der Waals surface area contributed by atoms with Gasteiger partial charge in [-0.15, -0.1) is 5.10 Å². The number of nitrogens with zero attached hydrogens (tertiary/aromatic N) is 4. The molecule has 0 saturated carbocycles. The molecule has 0 aliphatic heterocycles. The van der Waals surface area contributed by atoms with Gasteiger partial charge in [0.1, 0.15) is 18.1 Å². The average Bonchev–Trinajstić information content (AvgIpc) is 2.81. The molecule has 0 radical (unpaired) electrons. The van der Waals surface area contributed by atoms with Gasteiger partial charge in [0.05, 0.1) is 11.8 Å². The molecule has 0 aliphatic rings. The topological polar surface area (TPSA) is 98.5 Å². The number of amidine groups is 1. The average molecular weight is 247 g/mol. The smallest absolute Gasteiger partial charge is 0.173 e. The molecule has 0 aliphatic carbocycles. The summed E-state index contributed by atoms with van der Waals surface area (Å²) >= 11 is 0. The van der Waals surface area contributed by atoms with Crippen LogP contribution in [0.3, 0.4) is 0 Å². The van der Waals surface area contributed by atoms with Crippen molar-refractivity contribution < 1.29 is 9.94 Å². The summed E-state index contributed by atoms with van der Waals surface area (Å²) in [6, 6.07) is 7.04. The highest BCUT2D eigenvalue weighted by Crippen LogP contribution is 2.18. The third-order valence-corrected chi connectivity index (χ3v) is 2.30. The van der Waals surface area contributed by atoms with Crippen LogP contribution in [0, 0.1) is 0 Å². The number of nitrogens with two attached hydrogens (primary N) is 1. The summed E-state index contributed by atoms with van der Waals surface area (Å²) in [5.74, 6) is 0.531. The molecular formula is C11H13N5O2. The highest BCUT2D eigenvalue weighted by molar-refractivity contribution is 5.99. The predicted octanol–water partition coefficient (Wildman–Crippen LogP) is 0.489. The van der Waals surface area contributed by atoms with Gasteiger partial charge in [-0.25, -0.2) is 0 Å². The van der Waals surface area contributed by atoms with Crippen molar-refractivity contribution in [2.45, 2.75) is 6.61 Å². The van der Waals surface area contributed by atoms with Gasteiger partial charge in [-0.2, -0.15) is 0 Å². The maximum absolute atomic E-state index is 8.68. The van der Waals surface area contributed by atoms with E-state index in [0.29, 0.717) is 17.0 Å². The normalized spacial score (nSPS) is 11.5. The highest BCUT2D eigenvalue weighted by atomic mass is 16.5. The van der Waals surface area contributed by atoms with E-state index in [1.165, 1.54) is 0 Å². The Morgan fingerprint density at radius 3 is 2.94 bits per heavy atom. The van der Waals surface area contributed by atoms with E-state index in [-0.39, 0.29) is 12.4 Å². The van der Waals surface area contributed by atoms with Gasteiger partial charge in [-0.3, -0.25) is 4.68 Å². The van der Waals surface area contributed by atoms with Gasteiger partial charge in [0.15, 0.2) is 5.84 Å². The van der Waals surface area contributed by atoms with Crippen molar-refractivity contribution in [3.8, 4) is 5.75 Å². The van der Waals surface area contributed by atoms with E-state index in [0.717, 1.165) is 0 Å². The molecule has 7 nitrogen and oxygen atoms in total. The predicted molar refractivity (Wildman–Crippen MR) is 64.3 cm³/mol. The van der Waals surface area contributed by atoms with E-state index in [1.54, 1.807) is 42.2 Å². The molecular weight excluding hydrogens is 234 g/mol. The zero-order valence-corrected chi connectivity index (χ0v) is 9.82. The second-order valence-electron chi connectivity index (χ2n) is 3.65. The molecule has 0 spiro atoms. The third kappa shape index (κ3) is 2.57. The summed E-state index contributed by atoms with van der Waals surface area (Å²) in [5, 5.41) is 19.3. The Labute approximate surface area is 103 Å². The number of hydrogen-bond donors (Lipinski definition) is 2. The van der Waals surface area contributed by atoms with Crippen LogP contribution in [0.2, 0.25) is 0 Å². The molecule has 2 rings (SSSR count). The van der Waals surface area contributed by atoms with E-state index in [4.69, 9.17) is 15.7 Å². The Balaban J connectivity index is 2.14. The second-order valence-corrected chi connectivity index (χ2v) is 3.65. The Morgan fingerprint density at radius 2 is 2.28 bits per heavy atom. The quantitative estimate of drug-likeness (QED) is 0.354. The lowest BCUT2D eigenvalue weighted by molar-refractivity contribution is 0.298. The molecule has 0 amide bonds. The minimum absolute atomic E-state index is 0.00439. The summed E-state index contributed by atoms with van der Waals surface area (Å²) in [6.45, 7) is 0.267. The van der Waals surface area contributed by atoms with E-state index in [2.05, 4.69) is 15.5 Å². The maximum atomic E-state index is 8.68. The van der Waals surface area contributed by atoms with Gasteiger partial charge in [0.25, 0.3) is 0 Å². The highest BCUT2D eigenvalue weighted by Gasteiger charge is 2.08. The molecule has 3 N–H and O–H groups in total. The lowest BCUT2D eigenvalue weighted by Gasteiger charge is -2.08. The molecule has 94 valence electrons. The Hall–Kier alpha value is -2.57. The molecule has 0 atom stereocenters. The maximum Gasteiger partial charge on any atom is 0.173 e. The van der Waals surface area contributed by atoms with Crippen molar-refractivity contribution in [2.24, 2.45) is 17.9 Å². The molecule has 18 heavy (non-hydrogen) atoms. The minimum Gasteiger partial charge on any atom is -0.486 e. The summed E-state index contributed by atoms with van der Waals surface area (Å²) in [7, 11) is 1.78. The lowest BCUT2D eigenvalue weighted by Crippen LogP contribution is -2.14. The van der Waals surface area contributed by atoms with Crippen molar-refractivity contribution in [3.05, 3.63) is 41.7 Å². The van der Waals surface area contributed by atoms with Crippen LogP contribution < -0.4 is 10.5 Å². The first-order valence-electron chi connectivity index (χ1n) is 5.25. The number of oxime groups is 1. The van der Waals surface area contributed by atoms with Crippen LogP contribution in [0.25, 0.3) is 0 Å². The monoisotopic (exact) mass is 247 g/mol. The summed E-state index contributed by atoms with van der Waals surface area (Å²) in [5.41, 5.74) is 6.79. The third-order valence-electron chi connectivity index (χ3n) is 2.30. The zero-order chi connectivity index (χ0) is 13.0. The van der Waals surface area contributed by atoms with E-state index >= 15 is 0 Å². The molecule has 0 saturated heterocycles. The van der Waals surface area contributed by atoms with Gasteiger partial charge in [0, 0.05) is 7.05 Å². The van der Waals surface area contributed by atoms with Crippen LogP contribution in [0.4, 0.5) is 0 Å². The Morgan fingerprint density at radius 1 is 1.50 bits per heavy atom. The number of para-hydroxylation sites is 1. The number of aryl methyl sites for hydroxylation is 1. The van der Waals surface area contributed by atoms with Crippen LogP contribution in [0.1, 0.15) is 11.3 Å². The van der Waals surface area contributed by atoms with E-state index < -0.39 is 0 Å². The molecule has 1 heterocycles. The summed E-state index contributed by atoms with van der Waals surface area (Å²) in [4.78, 5) is 0. The van der Waals surface area contributed by atoms with Crippen LogP contribution in [0.15, 0.2) is 35.6 Å². The number of ether oxygens (including phenoxy) is 1. The van der Waals surface area contributed by atoms with Crippen LogP contribution in [-0.4, -0.2) is 26.0 Å². The fourth-order valence-electron chi connectivity index (χ4n) is 1.47. The molecule has 0 fully saturated rings. The van der Waals surface area contributed by atoms with Crippen molar-refractivity contribution in [3.63, 3.8) is 0 Å². The molecule has 1 aromatic heterocycles. The zero-order valence-electron chi connectivity index (χ0n) is 9.82. The first kappa shape index (κ1) is 11.9. The number of aromatic nitrogens is 3. The van der Waals surface area contributed by atoms with Gasteiger partial charge in [0.2, 0.25) is 0 Å². The Bertz CT molecular complexity index is 564. The number of hydrogen-bond acceptors (Lipinski definition) is 5. The van der Waals surface area contributed by atoms with Crippen molar-refractivity contribution >= 4 is 5.84 Å². The van der Waals surface area contributed by atoms with Crippen LogP contribution >= 0.6 is 0 Å². The Kier molecular flexibility index (Phi) is 3.42. The fourth-order valence-corrected chi connectivity index (χ4v) is 1.47. The minimum atomic E-state index is 0.00439. The second kappa shape index (κ2) is 5.17. The van der Waals surface area contributed by atoms with Crippen molar-refractivity contribution in [1.29, 1.82) is 0 Å². The fraction of sp³-hybridized carbons (Fsp3) is 0.182. The summed E-state index contributed by atoms with van der Waals surface area (Å²) < 4.78 is 7.16. The lowest BCUT2D eigenvalue weighted by atomic mass is 10.2. The van der Waals surface area contributed by atoms with Gasteiger partial charge >= 0.3 is 0 Å². The molecule has 2 aromatic rings. The van der Waals surface area contributed by atoms with Gasteiger partial charge in [-0.05, 0) is 12.1 Å². The molecule has 0 bridgehead atoms. The number of benzene rings is 1. The van der Waals surface area contributed by atoms with Crippen molar-refractivity contribution in [1.82, 2.24) is 15.0 Å². The first-order valence-corrected chi connectivity index (χ1v) is 5.25. The number of rotatable bonds is 4.